The van der Waals surface area contributed by atoms with Crippen molar-refractivity contribution in [2.24, 2.45) is 0 Å². The first kappa shape index (κ1) is 13.5. The summed E-state index contributed by atoms with van der Waals surface area (Å²) in [4.78, 5) is 0. The average molecular weight is 263 g/mol. The van der Waals surface area contributed by atoms with Gasteiger partial charge in [-0.1, -0.05) is 6.07 Å². The highest BCUT2D eigenvalue weighted by molar-refractivity contribution is 5.32. The summed E-state index contributed by atoms with van der Waals surface area (Å²) in [6.45, 7) is 4.09. The molecular formula is C14H18FN3O. The monoisotopic (exact) mass is 263 g/mol. The minimum absolute atomic E-state index is 0.0828. The zero-order valence-corrected chi connectivity index (χ0v) is 11.3. The van der Waals surface area contributed by atoms with Crippen LogP contribution in [0.5, 0.6) is 5.75 Å². The van der Waals surface area contributed by atoms with Crippen LogP contribution in [0.15, 0.2) is 30.6 Å². The smallest absolute Gasteiger partial charge is 0.165 e. The molecule has 1 heterocycles. The topological polar surface area (TPSA) is 49.9 Å². The molecule has 19 heavy (non-hydrogen) atoms. The number of aromatic amines is 1. The van der Waals surface area contributed by atoms with Gasteiger partial charge >= 0.3 is 0 Å². The largest absolute Gasteiger partial charge is 0.494 e. The fraction of sp³-hybridized carbons (Fsp3) is 0.357. The molecule has 0 fully saturated rings. The van der Waals surface area contributed by atoms with Crippen molar-refractivity contribution >= 4 is 0 Å². The van der Waals surface area contributed by atoms with Gasteiger partial charge in [0, 0.05) is 23.8 Å². The lowest BCUT2D eigenvalue weighted by atomic mass is 10.1. The molecule has 1 aromatic heterocycles. The molecule has 102 valence electrons. The van der Waals surface area contributed by atoms with E-state index in [1.54, 1.807) is 18.3 Å². The third kappa shape index (κ3) is 3.12. The molecule has 0 radical (unpaired) electrons. The number of ether oxygens (including phenoxy) is 1. The molecule has 0 saturated heterocycles. The third-order valence-corrected chi connectivity index (χ3v) is 3.19. The second-order valence-electron chi connectivity index (χ2n) is 4.54. The van der Waals surface area contributed by atoms with Gasteiger partial charge in [0.25, 0.3) is 0 Å². The molecule has 2 aromatic rings. The van der Waals surface area contributed by atoms with Crippen molar-refractivity contribution in [3.63, 3.8) is 0 Å². The molecule has 2 rings (SSSR count). The van der Waals surface area contributed by atoms with Crippen LogP contribution in [0.2, 0.25) is 0 Å². The Morgan fingerprint density at radius 3 is 2.63 bits per heavy atom. The molecular weight excluding hydrogens is 245 g/mol. The van der Waals surface area contributed by atoms with Crippen LogP contribution in [0.25, 0.3) is 0 Å². The summed E-state index contributed by atoms with van der Waals surface area (Å²) < 4.78 is 18.4. The van der Waals surface area contributed by atoms with Crippen LogP contribution in [0.3, 0.4) is 0 Å². The molecule has 0 spiro atoms. The molecule has 2 atom stereocenters. The van der Waals surface area contributed by atoms with E-state index in [2.05, 4.69) is 22.4 Å². The lowest BCUT2D eigenvalue weighted by Crippen LogP contribution is -2.22. The first-order valence-corrected chi connectivity index (χ1v) is 6.20. The molecule has 0 aliphatic carbocycles. The van der Waals surface area contributed by atoms with Crippen LogP contribution >= 0.6 is 0 Å². The van der Waals surface area contributed by atoms with Gasteiger partial charge in [0.1, 0.15) is 0 Å². The van der Waals surface area contributed by atoms with Crippen LogP contribution in [0.4, 0.5) is 4.39 Å². The second-order valence-corrected chi connectivity index (χ2v) is 4.54. The van der Waals surface area contributed by atoms with E-state index in [4.69, 9.17) is 4.74 Å². The SMILES string of the molecule is COc1cc(C(C)NC(C)c2cn[nH]c2)ccc1F. The molecule has 2 N–H and O–H groups in total. The zero-order chi connectivity index (χ0) is 13.8. The predicted molar refractivity (Wildman–Crippen MR) is 71.5 cm³/mol. The van der Waals surface area contributed by atoms with Gasteiger partial charge in [0.2, 0.25) is 0 Å². The Morgan fingerprint density at radius 2 is 2.00 bits per heavy atom. The van der Waals surface area contributed by atoms with Crippen molar-refractivity contribution in [1.29, 1.82) is 0 Å². The minimum atomic E-state index is -0.346. The number of nitrogens with one attached hydrogen (secondary N) is 2. The third-order valence-electron chi connectivity index (χ3n) is 3.19. The van der Waals surface area contributed by atoms with Crippen LogP contribution in [-0.4, -0.2) is 17.3 Å². The maximum atomic E-state index is 13.4. The zero-order valence-electron chi connectivity index (χ0n) is 11.3. The summed E-state index contributed by atoms with van der Waals surface area (Å²) in [7, 11) is 1.47. The molecule has 5 heteroatoms. The fourth-order valence-electron chi connectivity index (χ4n) is 2.01. The molecule has 0 saturated carbocycles. The lowest BCUT2D eigenvalue weighted by Gasteiger charge is -2.20. The summed E-state index contributed by atoms with van der Waals surface area (Å²) in [5.41, 5.74) is 2.06. The van der Waals surface area contributed by atoms with E-state index in [1.165, 1.54) is 13.2 Å². The van der Waals surface area contributed by atoms with E-state index in [1.807, 2.05) is 13.1 Å². The van der Waals surface area contributed by atoms with Gasteiger partial charge in [-0.15, -0.1) is 0 Å². The number of nitrogens with zero attached hydrogens (tertiary/aromatic N) is 1. The molecule has 1 aromatic carbocycles. The summed E-state index contributed by atoms with van der Waals surface area (Å²) in [6, 6.07) is 5.14. The molecule has 0 bridgehead atoms. The van der Waals surface area contributed by atoms with Gasteiger partial charge < -0.3 is 10.1 Å². The van der Waals surface area contributed by atoms with E-state index in [0.29, 0.717) is 0 Å². The Bertz CT molecular complexity index is 527. The Kier molecular flexibility index (Phi) is 4.16. The van der Waals surface area contributed by atoms with Gasteiger partial charge in [-0.25, -0.2) is 4.39 Å². The number of hydrogen-bond acceptors (Lipinski definition) is 3. The number of halogens is 1. The number of H-pyrrole nitrogens is 1. The number of rotatable bonds is 5. The molecule has 0 aliphatic heterocycles. The highest BCUT2D eigenvalue weighted by Crippen LogP contribution is 2.24. The molecule has 2 unspecified atom stereocenters. The summed E-state index contributed by atoms with van der Waals surface area (Å²) in [5.74, 6) is -0.0801. The van der Waals surface area contributed by atoms with E-state index in [0.717, 1.165) is 11.1 Å². The van der Waals surface area contributed by atoms with Gasteiger partial charge in [0.05, 0.1) is 13.3 Å². The van der Waals surface area contributed by atoms with Gasteiger partial charge in [0.15, 0.2) is 11.6 Å². The van der Waals surface area contributed by atoms with Gasteiger partial charge in [-0.3, -0.25) is 5.10 Å². The van der Waals surface area contributed by atoms with Crippen molar-refractivity contribution in [2.75, 3.05) is 7.11 Å². The minimum Gasteiger partial charge on any atom is -0.494 e. The fourth-order valence-corrected chi connectivity index (χ4v) is 2.01. The first-order valence-electron chi connectivity index (χ1n) is 6.20. The van der Waals surface area contributed by atoms with Crippen molar-refractivity contribution < 1.29 is 9.13 Å². The van der Waals surface area contributed by atoms with E-state index >= 15 is 0 Å². The summed E-state index contributed by atoms with van der Waals surface area (Å²) in [6.07, 6.45) is 3.64. The standard InChI is InChI=1S/C14H18FN3O/c1-9(18-10(2)12-7-16-17-8-12)11-4-5-13(15)14(6-11)19-3/h4-10,18H,1-3H3,(H,16,17). The second kappa shape index (κ2) is 5.84. The van der Waals surface area contributed by atoms with Crippen LogP contribution in [-0.2, 0) is 0 Å². The normalized spacial score (nSPS) is 14.1. The van der Waals surface area contributed by atoms with Crippen molar-refractivity contribution in [3.8, 4) is 5.75 Å². The van der Waals surface area contributed by atoms with Crippen molar-refractivity contribution in [1.82, 2.24) is 15.5 Å². The summed E-state index contributed by atoms with van der Waals surface area (Å²) in [5, 5.41) is 10.1. The number of aromatic nitrogens is 2. The van der Waals surface area contributed by atoms with Crippen LogP contribution < -0.4 is 10.1 Å². The van der Waals surface area contributed by atoms with E-state index in [-0.39, 0.29) is 23.7 Å². The van der Waals surface area contributed by atoms with Crippen LogP contribution in [0, 0.1) is 5.82 Å². The predicted octanol–water partition coefficient (Wildman–Crippen LogP) is 2.97. The highest BCUT2D eigenvalue weighted by atomic mass is 19.1. The first-order chi connectivity index (χ1) is 9.11. The number of hydrogen-bond donors (Lipinski definition) is 2. The summed E-state index contributed by atoms with van der Waals surface area (Å²) >= 11 is 0. The maximum Gasteiger partial charge on any atom is 0.165 e. The van der Waals surface area contributed by atoms with Crippen molar-refractivity contribution in [3.05, 3.63) is 47.5 Å². The van der Waals surface area contributed by atoms with E-state index in [9.17, 15) is 4.39 Å². The Morgan fingerprint density at radius 1 is 1.26 bits per heavy atom. The Hall–Kier alpha value is -1.88. The maximum absolute atomic E-state index is 13.4. The molecule has 0 aliphatic rings. The van der Waals surface area contributed by atoms with Gasteiger partial charge in [-0.05, 0) is 31.5 Å². The lowest BCUT2D eigenvalue weighted by molar-refractivity contribution is 0.384. The van der Waals surface area contributed by atoms with Gasteiger partial charge in [-0.2, -0.15) is 5.10 Å². The Balaban J connectivity index is 2.09. The molecule has 0 amide bonds. The number of methoxy groups -OCH3 is 1. The Labute approximate surface area is 112 Å². The van der Waals surface area contributed by atoms with Crippen molar-refractivity contribution in [2.45, 2.75) is 25.9 Å². The number of benzene rings is 1. The molecule has 4 nitrogen and oxygen atoms in total. The highest BCUT2D eigenvalue weighted by Gasteiger charge is 2.13. The van der Waals surface area contributed by atoms with E-state index < -0.39 is 0 Å². The van der Waals surface area contributed by atoms with Crippen LogP contribution in [0.1, 0.15) is 37.1 Å². The average Bonchev–Trinajstić information content (AvgIpc) is 2.93. The quantitative estimate of drug-likeness (QED) is 0.872.